The standard InChI is InChI=1S/C10H19NO2/c1-11(2)10(12)7-6-9-5-3-4-8-13-9/h9H,3-8H2,1-2H3. The molecule has 0 aromatic heterocycles. The fourth-order valence-corrected chi connectivity index (χ4v) is 1.54. The van der Waals surface area contributed by atoms with E-state index in [1.54, 1.807) is 19.0 Å². The Morgan fingerprint density at radius 3 is 2.77 bits per heavy atom. The van der Waals surface area contributed by atoms with Crippen LogP contribution in [0.25, 0.3) is 0 Å². The molecule has 1 fully saturated rings. The van der Waals surface area contributed by atoms with Crippen molar-refractivity contribution in [2.45, 2.75) is 38.2 Å². The predicted octanol–water partition coefficient (Wildman–Crippen LogP) is 1.42. The van der Waals surface area contributed by atoms with Gasteiger partial charge in [-0.25, -0.2) is 0 Å². The highest BCUT2D eigenvalue weighted by atomic mass is 16.5. The van der Waals surface area contributed by atoms with Crippen molar-refractivity contribution in [2.75, 3.05) is 20.7 Å². The van der Waals surface area contributed by atoms with Gasteiger partial charge in [0.15, 0.2) is 0 Å². The largest absolute Gasteiger partial charge is 0.378 e. The monoisotopic (exact) mass is 185 g/mol. The van der Waals surface area contributed by atoms with Crippen molar-refractivity contribution < 1.29 is 9.53 Å². The van der Waals surface area contributed by atoms with Gasteiger partial charge in [-0.1, -0.05) is 0 Å². The summed E-state index contributed by atoms with van der Waals surface area (Å²) < 4.78 is 5.54. The molecule has 13 heavy (non-hydrogen) atoms. The summed E-state index contributed by atoms with van der Waals surface area (Å²) in [5.74, 6) is 0.203. The van der Waals surface area contributed by atoms with Gasteiger partial charge in [-0.05, 0) is 25.7 Å². The first-order valence-corrected chi connectivity index (χ1v) is 5.02. The zero-order valence-electron chi connectivity index (χ0n) is 8.58. The molecule has 0 aromatic rings. The number of amides is 1. The normalized spacial score (nSPS) is 22.8. The molecule has 1 unspecified atom stereocenters. The van der Waals surface area contributed by atoms with Crippen LogP contribution in [-0.2, 0) is 9.53 Å². The zero-order chi connectivity index (χ0) is 9.68. The van der Waals surface area contributed by atoms with Gasteiger partial charge in [-0.15, -0.1) is 0 Å². The van der Waals surface area contributed by atoms with Gasteiger partial charge in [0.1, 0.15) is 0 Å². The van der Waals surface area contributed by atoms with Gasteiger partial charge in [0.25, 0.3) is 0 Å². The smallest absolute Gasteiger partial charge is 0.222 e. The summed E-state index contributed by atoms with van der Waals surface area (Å²) in [6.07, 6.45) is 5.39. The van der Waals surface area contributed by atoms with E-state index >= 15 is 0 Å². The molecule has 1 heterocycles. The third kappa shape index (κ3) is 3.77. The summed E-state index contributed by atoms with van der Waals surface area (Å²) in [5.41, 5.74) is 0. The molecule has 3 nitrogen and oxygen atoms in total. The first-order valence-electron chi connectivity index (χ1n) is 5.02. The number of carbonyl (C=O) groups excluding carboxylic acids is 1. The lowest BCUT2D eigenvalue weighted by molar-refractivity contribution is -0.129. The predicted molar refractivity (Wildman–Crippen MR) is 51.5 cm³/mol. The topological polar surface area (TPSA) is 29.5 Å². The van der Waals surface area contributed by atoms with Gasteiger partial charge in [-0.2, -0.15) is 0 Å². The SMILES string of the molecule is CN(C)C(=O)CCC1CCCCO1. The van der Waals surface area contributed by atoms with E-state index in [2.05, 4.69) is 0 Å². The molecule has 1 aliphatic rings. The van der Waals surface area contributed by atoms with Crippen LogP contribution in [0.3, 0.4) is 0 Å². The molecule has 0 saturated carbocycles. The van der Waals surface area contributed by atoms with E-state index in [4.69, 9.17) is 4.74 Å². The van der Waals surface area contributed by atoms with Crippen LogP contribution in [0.15, 0.2) is 0 Å². The fourth-order valence-electron chi connectivity index (χ4n) is 1.54. The number of ether oxygens (including phenoxy) is 1. The molecule has 3 heteroatoms. The van der Waals surface area contributed by atoms with Crippen molar-refractivity contribution in [2.24, 2.45) is 0 Å². The Morgan fingerprint density at radius 2 is 2.23 bits per heavy atom. The summed E-state index contributed by atoms with van der Waals surface area (Å²) in [7, 11) is 3.59. The number of rotatable bonds is 3. The maximum Gasteiger partial charge on any atom is 0.222 e. The first kappa shape index (κ1) is 10.5. The van der Waals surface area contributed by atoms with E-state index < -0.39 is 0 Å². The summed E-state index contributed by atoms with van der Waals surface area (Å²) in [4.78, 5) is 12.9. The molecule has 0 bridgehead atoms. The molecular weight excluding hydrogens is 166 g/mol. The highest BCUT2D eigenvalue weighted by Gasteiger charge is 2.15. The van der Waals surface area contributed by atoms with Crippen LogP contribution < -0.4 is 0 Å². The van der Waals surface area contributed by atoms with Crippen molar-refractivity contribution in [1.29, 1.82) is 0 Å². The van der Waals surface area contributed by atoms with E-state index in [1.807, 2.05) is 0 Å². The Hall–Kier alpha value is -0.570. The van der Waals surface area contributed by atoms with Gasteiger partial charge in [0.2, 0.25) is 5.91 Å². The average molecular weight is 185 g/mol. The van der Waals surface area contributed by atoms with E-state index in [-0.39, 0.29) is 5.91 Å². The second-order valence-electron chi connectivity index (χ2n) is 3.82. The third-order valence-electron chi connectivity index (χ3n) is 2.45. The first-order chi connectivity index (χ1) is 6.20. The van der Waals surface area contributed by atoms with E-state index in [1.165, 1.54) is 12.8 Å². The van der Waals surface area contributed by atoms with Gasteiger partial charge in [-0.3, -0.25) is 4.79 Å². The van der Waals surface area contributed by atoms with Gasteiger partial charge in [0.05, 0.1) is 6.10 Å². The van der Waals surface area contributed by atoms with Crippen LogP contribution in [0, 0.1) is 0 Å². The van der Waals surface area contributed by atoms with E-state index in [9.17, 15) is 4.79 Å². The molecule has 76 valence electrons. The second kappa shape index (κ2) is 5.22. The summed E-state index contributed by atoms with van der Waals surface area (Å²) in [6, 6.07) is 0. The van der Waals surface area contributed by atoms with Gasteiger partial charge >= 0.3 is 0 Å². The van der Waals surface area contributed by atoms with Crippen molar-refractivity contribution >= 4 is 5.91 Å². The Balaban J connectivity index is 2.13. The minimum atomic E-state index is 0.203. The Kier molecular flexibility index (Phi) is 4.22. The Labute approximate surface area is 80.1 Å². The molecule has 1 aliphatic heterocycles. The average Bonchev–Trinajstić information content (AvgIpc) is 2.15. The number of hydrogen-bond donors (Lipinski definition) is 0. The molecule has 1 rings (SSSR count). The quantitative estimate of drug-likeness (QED) is 0.665. The molecule has 0 N–H and O–H groups in total. The number of hydrogen-bond acceptors (Lipinski definition) is 2. The van der Waals surface area contributed by atoms with Crippen LogP contribution in [0.5, 0.6) is 0 Å². The summed E-state index contributed by atoms with van der Waals surface area (Å²) >= 11 is 0. The maximum atomic E-state index is 11.3. The number of carbonyl (C=O) groups is 1. The maximum absolute atomic E-state index is 11.3. The van der Waals surface area contributed by atoms with Crippen LogP contribution in [0.2, 0.25) is 0 Å². The molecular formula is C10H19NO2. The third-order valence-corrected chi connectivity index (χ3v) is 2.45. The van der Waals surface area contributed by atoms with Gasteiger partial charge in [0, 0.05) is 27.1 Å². The highest BCUT2D eigenvalue weighted by Crippen LogP contribution is 2.17. The van der Waals surface area contributed by atoms with Crippen molar-refractivity contribution in [1.82, 2.24) is 4.90 Å². The van der Waals surface area contributed by atoms with E-state index in [0.717, 1.165) is 19.4 Å². The fraction of sp³-hybridized carbons (Fsp3) is 0.900. The lowest BCUT2D eigenvalue weighted by atomic mass is 10.0. The van der Waals surface area contributed by atoms with Crippen LogP contribution >= 0.6 is 0 Å². The molecule has 1 amide bonds. The summed E-state index contributed by atoms with van der Waals surface area (Å²) in [6.45, 7) is 0.876. The molecule has 1 atom stereocenters. The Morgan fingerprint density at radius 1 is 1.46 bits per heavy atom. The minimum absolute atomic E-state index is 0.203. The van der Waals surface area contributed by atoms with Crippen molar-refractivity contribution in [3.05, 3.63) is 0 Å². The van der Waals surface area contributed by atoms with Crippen LogP contribution in [0.1, 0.15) is 32.1 Å². The molecule has 1 saturated heterocycles. The number of nitrogens with zero attached hydrogens (tertiary/aromatic N) is 1. The second-order valence-corrected chi connectivity index (χ2v) is 3.82. The van der Waals surface area contributed by atoms with Crippen molar-refractivity contribution in [3.8, 4) is 0 Å². The lowest BCUT2D eigenvalue weighted by Crippen LogP contribution is -2.25. The van der Waals surface area contributed by atoms with Gasteiger partial charge < -0.3 is 9.64 Å². The Bertz CT molecular complexity index is 162. The zero-order valence-corrected chi connectivity index (χ0v) is 8.58. The van der Waals surface area contributed by atoms with Crippen molar-refractivity contribution in [3.63, 3.8) is 0 Å². The van der Waals surface area contributed by atoms with Crippen LogP contribution in [0.4, 0.5) is 0 Å². The van der Waals surface area contributed by atoms with E-state index in [0.29, 0.717) is 12.5 Å². The molecule has 0 aromatic carbocycles. The lowest BCUT2D eigenvalue weighted by Gasteiger charge is -2.22. The highest BCUT2D eigenvalue weighted by molar-refractivity contribution is 5.75. The summed E-state index contributed by atoms with van der Waals surface area (Å²) in [5, 5.41) is 0. The van der Waals surface area contributed by atoms with Crippen LogP contribution in [-0.4, -0.2) is 37.6 Å². The minimum Gasteiger partial charge on any atom is -0.378 e. The molecule has 0 spiro atoms. The molecule has 0 aliphatic carbocycles. The molecule has 0 radical (unpaired) electrons.